The van der Waals surface area contributed by atoms with Gasteiger partial charge >= 0.3 is 0 Å². The Morgan fingerprint density at radius 3 is 1.42 bits per heavy atom. The molecule has 4 saturated heterocycles. The fourth-order valence-corrected chi connectivity index (χ4v) is 7.04. The molecule has 67 heavy (non-hydrogen) atoms. The van der Waals surface area contributed by atoms with Crippen molar-refractivity contribution in [3.05, 3.63) is 18.1 Å². The fourth-order valence-electron chi connectivity index (χ4n) is 7.04. The van der Waals surface area contributed by atoms with E-state index in [1.54, 1.807) is 0 Å². The second kappa shape index (κ2) is 54.0. The van der Waals surface area contributed by atoms with Gasteiger partial charge in [0.05, 0.1) is 50.5 Å². The Morgan fingerprint density at radius 1 is 0.433 bits per heavy atom. The molecule has 0 aromatic rings. The Bertz CT molecular complexity index is 1240. The zero-order valence-electron chi connectivity index (χ0n) is 37.0. The molecule has 353 valence electrons. The van der Waals surface area contributed by atoms with Gasteiger partial charge in [-0.15, -0.1) is 0 Å². The molecule has 0 amide bonds. The quantitative estimate of drug-likeness (QED) is 0.0816. The SMILES string of the molecule is CC1O[C@H](CCOC2C([NH-])[C@H](OC3C=COC(CO)[C@@H]3O)OC(CO)[C@@H]2O[C@@H]2OC(CO)[C@H](O)C(O)C2O[C@@H]2OC(C)[C@H](O)C(O)C2O)C(O)C(O)[C@@H]1O.[Ac].[Ac].[Ac].[Ac].[Ac].[Ac].[Ac].[Ac].[Ac].[Ac].[Ac].[Ac].[Ac]. The zero-order valence-corrected chi connectivity index (χ0v) is 98.7. The van der Waals surface area contributed by atoms with E-state index in [9.17, 15) is 61.3 Å². The number of ether oxygens (including phenoxy) is 9. The van der Waals surface area contributed by atoms with Crippen LogP contribution < -0.4 is 0 Å². The molecule has 5 aliphatic rings. The summed E-state index contributed by atoms with van der Waals surface area (Å²) < 4.78 is 52.1. The summed E-state index contributed by atoms with van der Waals surface area (Å²) in [4.78, 5) is 0. The minimum Gasteiger partial charge on any atom is -0.668 e. The summed E-state index contributed by atoms with van der Waals surface area (Å²) in [6.07, 6.45) is -30.0. The Balaban J connectivity index is -0.000000370. The first-order valence-corrected chi connectivity index (χ1v) is 17.8. The number of hydrogen-bond acceptors (Lipinski definition) is 21. The summed E-state index contributed by atoms with van der Waals surface area (Å²) in [5, 5.41) is 125. The maximum atomic E-state index is 11.1. The first kappa shape index (κ1) is 103. The summed E-state index contributed by atoms with van der Waals surface area (Å²) in [6.45, 7) is 0.388. The predicted molar refractivity (Wildman–Crippen MR) is 172 cm³/mol. The van der Waals surface area contributed by atoms with Crippen molar-refractivity contribution < 1.29 is 677 Å². The Kier molecular flexibility index (Phi) is 83.3. The second-order valence-corrected chi connectivity index (χ2v) is 14.1. The maximum Gasteiger partial charge on any atom is 0.187 e. The van der Waals surface area contributed by atoms with Crippen LogP contribution in [0, 0.1) is 573 Å². The van der Waals surface area contributed by atoms with Crippen molar-refractivity contribution in [1.29, 1.82) is 0 Å². The van der Waals surface area contributed by atoms with Gasteiger partial charge in [-0.25, -0.2) is 0 Å². The van der Waals surface area contributed by atoms with Crippen LogP contribution in [0.1, 0.15) is 20.3 Å². The van der Waals surface area contributed by atoms with E-state index in [1.165, 1.54) is 26.2 Å². The molecule has 5 heterocycles. The number of aliphatic hydroxyl groups excluding tert-OH is 12. The monoisotopic (exact) mass is 3740 g/mol. The first-order valence-electron chi connectivity index (χ1n) is 17.8. The van der Waals surface area contributed by atoms with E-state index in [0.29, 0.717) is 0 Å². The smallest absolute Gasteiger partial charge is 0.187 e. The molecule has 35 heteroatoms. The first-order chi connectivity index (χ1) is 25.6. The van der Waals surface area contributed by atoms with Gasteiger partial charge < -0.3 is 110 Å². The molecule has 5 aliphatic heterocycles. The van der Waals surface area contributed by atoms with E-state index in [0.717, 1.165) is 0 Å². The van der Waals surface area contributed by atoms with Gasteiger partial charge in [0.25, 0.3) is 0 Å². The van der Waals surface area contributed by atoms with Crippen molar-refractivity contribution >= 4 is 0 Å². The molecule has 22 nitrogen and oxygen atoms in total. The maximum absolute atomic E-state index is 11.1. The molecule has 23 atom stereocenters. The molecule has 14 unspecified atom stereocenters. The van der Waals surface area contributed by atoms with Gasteiger partial charge in [0, 0.05) is 579 Å². The summed E-state index contributed by atoms with van der Waals surface area (Å²) in [5.41, 5.74) is 9.14. The van der Waals surface area contributed by atoms with Crippen molar-refractivity contribution in [3.63, 3.8) is 0 Å². The second-order valence-electron chi connectivity index (χ2n) is 14.1. The molecule has 4 fully saturated rings. The van der Waals surface area contributed by atoms with Gasteiger partial charge in [0.15, 0.2) is 12.6 Å². The molecule has 0 aromatic carbocycles. The molecule has 13 N–H and O–H groups in total. The van der Waals surface area contributed by atoms with E-state index in [1.807, 2.05) is 0 Å². The third-order valence-electron chi connectivity index (χ3n) is 10.4. The van der Waals surface area contributed by atoms with Gasteiger partial charge in [-0.05, 0) is 26.3 Å². The van der Waals surface area contributed by atoms with Crippen LogP contribution in [0.3, 0.4) is 0 Å². The van der Waals surface area contributed by atoms with E-state index in [-0.39, 0.29) is 586 Å². The molecule has 0 saturated carbocycles. The van der Waals surface area contributed by atoms with Crippen LogP contribution in [0.2, 0.25) is 0 Å². The van der Waals surface area contributed by atoms with Crippen molar-refractivity contribution in [2.75, 3.05) is 26.4 Å². The molecule has 0 bridgehead atoms. The van der Waals surface area contributed by atoms with Gasteiger partial charge in [-0.3, -0.25) is 0 Å². The van der Waals surface area contributed by atoms with Crippen molar-refractivity contribution in [2.45, 2.75) is 161 Å². The zero-order chi connectivity index (χ0) is 39.6. The van der Waals surface area contributed by atoms with E-state index >= 15 is 0 Å². The van der Waals surface area contributed by atoms with Gasteiger partial charge in [0.1, 0.15) is 97.8 Å². The molecule has 0 aliphatic carbocycles. The van der Waals surface area contributed by atoms with E-state index in [4.69, 9.17) is 48.4 Å². The Hall–Kier alpha value is 17.4. The van der Waals surface area contributed by atoms with Crippen LogP contribution in [0.5, 0.6) is 0 Å². The fraction of sp³-hybridized carbons (Fsp3) is 0.938. The van der Waals surface area contributed by atoms with Crippen LogP contribution in [-0.4, -0.2) is 229 Å². The number of rotatable bonds is 13. The topological polar surface area (TPSA) is 350 Å². The van der Waals surface area contributed by atoms with Crippen LogP contribution in [0.15, 0.2) is 12.3 Å². The average Bonchev–Trinajstić information content (AvgIpc) is 3.16. The van der Waals surface area contributed by atoms with Gasteiger partial charge in [-0.1, -0.05) is 6.04 Å². The van der Waals surface area contributed by atoms with Gasteiger partial charge in [-0.2, -0.15) is 0 Å². The number of aliphatic hydroxyl groups is 12. The third kappa shape index (κ3) is 30.2. The summed E-state index contributed by atoms with van der Waals surface area (Å²) in [7, 11) is 0. The third-order valence-corrected chi connectivity index (χ3v) is 10.4. The predicted octanol–water partition coefficient (Wildman–Crippen LogP) is -6.54. The van der Waals surface area contributed by atoms with Crippen molar-refractivity contribution in [1.82, 2.24) is 0 Å². The number of hydrogen-bond donors (Lipinski definition) is 12. The van der Waals surface area contributed by atoms with Crippen molar-refractivity contribution in [3.8, 4) is 0 Å². The van der Waals surface area contributed by atoms with Crippen LogP contribution in [0.25, 0.3) is 5.73 Å². The molecule has 13 radical (unpaired) electrons. The molecular formula is C32H54Ac13NO21-. The van der Waals surface area contributed by atoms with E-state index in [2.05, 4.69) is 0 Å². The normalized spacial score (nSPS) is 41.5. The number of nitrogens with one attached hydrogen (secondary N) is 1. The van der Waals surface area contributed by atoms with Crippen LogP contribution >= 0.6 is 0 Å². The summed E-state index contributed by atoms with van der Waals surface area (Å²) in [6, 6.07) is -1.56. The largest absolute Gasteiger partial charge is 0.668 e. The average molecular weight is 3740 g/mol. The van der Waals surface area contributed by atoms with Crippen LogP contribution in [0.4, 0.5) is 0 Å². The minimum atomic E-state index is -1.90. The molecule has 0 spiro atoms. The van der Waals surface area contributed by atoms with Crippen molar-refractivity contribution in [2.24, 2.45) is 0 Å². The minimum absolute atomic E-state index is 0. The molecule has 0 aromatic heterocycles. The molecular weight excluding hydrogens is 3690 g/mol. The van der Waals surface area contributed by atoms with Crippen LogP contribution in [-0.2, 0) is 42.6 Å². The Morgan fingerprint density at radius 2 is 0.896 bits per heavy atom. The van der Waals surface area contributed by atoms with E-state index < -0.39 is 161 Å². The van der Waals surface area contributed by atoms with Gasteiger partial charge in [0.2, 0.25) is 0 Å². The standard InChI is InChI=1S/C32H54NO21.13Ac/c1-10-18(37)23(42)21(40)13(48-10)4-6-47-28-17(33)30(50-12-3-5-46-14(7-34)20(12)39)52-16(9-36)27(28)53-32-29(25(44)22(41)15(8-35)51-32)54-31-26(45)24(43)19(38)11(2)49-31;;;;;;;;;;;;;/h3,5,10-45H,4,6-9H2,1-2H3;;;;;;;;;;;;;/q-1;;;;;;;;;;;;;/t10?,11?,12?,13-,14?,15?,16?,17?,18-,19+,20-,21?,22+,23?,24?,25?,26?,27+,28?,29?,30-,31+,32+;;;;;;;;;;;;;/m1............./s1. The summed E-state index contributed by atoms with van der Waals surface area (Å²) in [5.74, 6) is 0. The molecule has 5 rings (SSSR count). The Labute approximate surface area is 856 Å². The summed E-state index contributed by atoms with van der Waals surface area (Å²) >= 11 is 0.